The molecule has 3 aromatic rings. The van der Waals surface area contributed by atoms with Crippen molar-refractivity contribution in [3.8, 4) is 11.5 Å². The second-order valence-corrected chi connectivity index (χ2v) is 5.15. The monoisotopic (exact) mass is 299 g/mol. The third-order valence-electron chi connectivity index (χ3n) is 3.64. The van der Waals surface area contributed by atoms with E-state index in [2.05, 4.69) is 15.0 Å². The molecule has 0 bridgehead atoms. The summed E-state index contributed by atoms with van der Waals surface area (Å²) in [6.45, 7) is 2.58. The lowest BCUT2D eigenvalue weighted by Gasteiger charge is -2.04. The van der Waals surface area contributed by atoms with Gasteiger partial charge in [0.05, 0.1) is 0 Å². The van der Waals surface area contributed by atoms with Gasteiger partial charge >= 0.3 is 5.69 Å². The van der Waals surface area contributed by atoms with Crippen molar-refractivity contribution in [2.45, 2.75) is 26.3 Å². The van der Waals surface area contributed by atoms with Gasteiger partial charge in [-0.1, -0.05) is 19.4 Å². The van der Waals surface area contributed by atoms with E-state index in [1.807, 2.05) is 25.1 Å². The molecule has 0 aliphatic rings. The Balaban J connectivity index is 2.31. The Morgan fingerprint density at radius 3 is 2.77 bits per heavy atom. The quantitative estimate of drug-likeness (QED) is 0.786. The number of rotatable bonds is 4. The fraction of sp³-hybridized carbons (Fsp3) is 0.333. The molecule has 0 amide bonds. The van der Waals surface area contributed by atoms with Gasteiger partial charge in [0.15, 0.2) is 17.0 Å². The fourth-order valence-electron chi connectivity index (χ4n) is 2.49. The highest BCUT2D eigenvalue weighted by atomic mass is 16.2. The minimum atomic E-state index is -0.426. The largest absolute Gasteiger partial charge is 0.330 e. The van der Waals surface area contributed by atoms with Crippen LogP contribution in [0.25, 0.3) is 22.7 Å². The lowest BCUT2D eigenvalue weighted by Crippen LogP contribution is -2.31. The Hall–Kier alpha value is -2.70. The maximum absolute atomic E-state index is 12.1. The van der Waals surface area contributed by atoms with Gasteiger partial charge in [-0.3, -0.25) is 19.3 Å². The van der Waals surface area contributed by atoms with E-state index in [-0.39, 0.29) is 0 Å². The molecule has 7 heteroatoms. The first kappa shape index (κ1) is 14.2. The Labute approximate surface area is 126 Å². The van der Waals surface area contributed by atoms with Gasteiger partial charge in [0.25, 0.3) is 5.56 Å². The third-order valence-corrected chi connectivity index (χ3v) is 3.64. The molecule has 3 aromatic heterocycles. The number of hydrogen-bond donors (Lipinski definition) is 1. The van der Waals surface area contributed by atoms with Gasteiger partial charge in [0.1, 0.15) is 5.69 Å². The number of pyridine rings is 1. The van der Waals surface area contributed by atoms with Gasteiger partial charge in [-0.2, -0.15) is 0 Å². The Bertz CT molecular complexity index is 921. The second-order valence-electron chi connectivity index (χ2n) is 5.15. The van der Waals surface area contributed by atoms with Crippen LogP contribution < -0.4 is 11.2 Å². The van der Waals surface area contributed by atoms with Crippen LogP contribution >= 0.6 is 0 Å². The average molecular weight is 299 g/mol. The first-order valence-electron chi connectivity index (χ1n) is 7.24. The van der Waals surface area contributed by atoms with E-state index >= 15 is 0 Å². The second kappa shape index (κ2) is 5.59. The minimum absolute atomic E-state index is 0.386. The topological polar surface area (TPSA) is 85.6 Å². The smallest absolute Gasteiger partial charge is 0.320 e. The predicted molar refractivity (Wildman–Crippen MR) is 83.7 cm³/mol. The van der Waals surface area contributed by atoms with Crippen molar-refractivity contribution in [3.63, 3.8) is 0 Å². The van der Waals surface area contributed by atoms with Crippen LogP contribution in [0.1, 0.15) is 19.8 Å². The van der Waals surface area contributed by atoms with Gasteiger partial charge in [0, 0.05) is 19.8 Å². The van der Waals surface area contributed by atoms with E-state index in [1.165, 1.54) is 4.57 Å². The molecule has 3 heterocycles. The van der Waals surface area contributed by atoms with Crippen LogP contribution in [0.3, 0.4) is 0 Å². The van der Waals surface area contributed by atoms with Crippen molar-refractivity contribution in [3.05, 3.63) is 45.2 Å². The summed E-state index contributed by atoms with van der Waals surface area (Å²) in [6.07, 6.45) is 3.46. The van der Waals surface area contributed by atoms with Crippen molar-refractivity contribution in [2.24, 2.45) is 7.05 Å². The highest BCUT2D eigenvalue weighted by Gasteiger charge is 2.17. The standard InChI is InChI=1S/C15H17N5O2/c1-3-4-9-20-13-11(14(21)18-15(20)22)19(2)12(17-13)10-7-5-6-8-16-10/h5-8H,3-4,9H2,1-2H3,(H,18,21,22). The average Bonchev–Trinajstić information content (AvgIpc) is 2.86. The molecule has 0 aliphatic heterocycles. The summed E-state index contributed by atoms with van der Waals surface area (Å²) in [7, 11) is 1.75. The van der Waals surface area contributed by atoms with E-state index in [0.29, 0.717) is 29.2 Å². The molecule has 0 saturated carbocycles. The molecule has 0 fully saturated rings. The zero-order valence-electron chi connectivity index (χ0n) is 12.5. The van der Waals surface area contributed by atoms with Crippen molar-refractivity contribution in [1.82, 2.24) is 24.1 Å². The Morgan fingerprint density at radius 1 is 1.27 bits per heavy atom. The SMILES string of the molecule is CCCCn1c(=O)[nH]c(=O)c2c1nc(-c1ccccn1)n2C. The highest BCUT2D eigenvalue weighted by Crippen LogP contribution is 2.19. The molecule has 0 saturated heterocycles. The normalized spacial score (nSPS) is 11.2. The Kier molecular flexibility index (Phi) is 3.62. The van der Waals surface area contributed by atoms with Crippen LogP contribution in [-0.2, 0) is 13.6 Å². The minimum Gasteiger partial charge on any atom is -0.320 e. The molecule has 0 unspecified atom stereocenters. The first-order valence-corrected chi connectivity index (χ1v) is 7.24. The van der Waals surface area contributed by atoms with Crippen LogP contribution in [0.2, 0.25) is 0 Å². The molecule has 0 aromatic carbocycles. The maximum Gasteiger partial charge on any atom is 0.330 e. The van der Waals surface area contributed by atoms with Gasteiger partial charge in [-0.25, -0.2) is 9.78 Å². The van der Waals surface area contributed by atoms with Gasteiger partial charge in [-0.05, 0) is 18.6 Å². The maximum atomic E-state index is 12.1. The van der Waals surface area contributed by atoms with Crippen molar-refractivity contribution < 1.29 is 0 Å². The summed E-state index contributed by atoms with van der Waals surface area (Å²) in [6, 6.07) is 5.50. The Morgan fingerprint density at radius 2 is 2.09 bits per heavy atom. The molecule has 3 rings (SSSR count). The predicted octanol–water partition coefficient (Wildman–Crippen LogP) is 1.29. The third kappa shape index (κ3) is 2.24. The van der Waals surface area contributed by atoms with Crippen LogP contribution in [0.4, 0.5) is 0 Å². The summed E-state index contributed by atoms with van der Waals surface area (Å²) >= 11 is 0. The molecule has 1 N–H and O–H groups in total. The summed E-state index contributed by atoms with van der Waals surface area (Å²) < 4.78 is 3.20. The van der Waals surface area contributed by atoms with E-state index < -0.39 is 11.2 Å². The molecule has 22 heavy (non-hydrogen) atoms. The number of aromatic nitrogens is 5. The van der Waals surface area contributed by atoms with Crippen molar-refractivity contribution in [2.75, 3.05) is 0 Å². The molecule has 0 spiro atoms. The zero-order chi connectivity index (χ0) is 15.7. The van der Waals surface area contributed by atoms with E-state index in [4.69, 9.17) is 0 Å². The highest BCUT2D eigenvalue weighted by molar-refractivity contribution is 5.75. The number of H-pyrrole nitrogens is 1. The number of aromatic amines is 1. The van der Waals surface area contributed by atoms with Crippen LogP contribution in [0.15, 0.2) is 34.0 Å². The lowest BCUT2D eigenvalue weighted by molar-refractivity contribution is 0.613. The molecule has 0 atom stereocenters. The summed E-state index contributed by atoms with van der Waals surface area (Å²) in [4.78, 5) is 35.3. The van der Waals surface area contributed by atoms with E-state index in [1.54, 1.807) is 17.8 Å². The number of aryl methyl sites for hydroxylation is 2. The summed E-state index contributed by atoms with van der Waals surface area (Å²) in [5.74, 6) is 0.567. The van der Waals surface area contributed by atoms with Crippen LogP contribution in [-0.4, -0.2) is 24.1 Å². The first-order chi connectivity index (χ1) is 10.6. The van der Waals surface area contributed by atoms with Gasteiger partial charge < -0.3 is 4.57 Å². The van der Waals surface area contributed by atoms with Crippen molar-refractivity contribution >= 4 is 11.2 Å². The van der Waals surface area contributed by atoms with Crippen LogP contribution in [0.5, 0.6) is 0 Å². The summed E-state index contributed by atoms with van der Waals surface area (Å²) in [5.41, 5.74) is 0.610. The van der Waals surface area contributed by atoms with Crippen LogP contribution in [0, 0.1) is 0 Å². The lowest BCUT2D eigenvalue weighted by atomic mass is 10.3. The molecular weight excluding hydrogens is 282 g/mol. The van der Waals surface area contributed by atoms with Gasteiger partial charge in [0.2, 0.25) is 0 Å². The van der Waals surface area contributed by atoms with E-state index in [0.717, 1.165) is 12.8 Å². The fourth-order valence-corrected chi connectivity index (χ4v) is 2.49. The molecular formula is C15H17N5O2. The number of nitrogens with zero attached hydrogens (tertiary/aromatic N) is 4. The number of nitrogens with one attached hydrogen (secondary N) is 1. The molecule has 0 radical (unpaired) electrons. The number of unbranched alkanes of at least 4 members (excludes halogenated alkanes) is 1. The number of fused-ring (bicyclic) bond motifs is 1. The molecule has 7 nitrogen and oxygen atoms in total. The summed E-state index contributed by atoms with van der Waals surface area (Å²) in [5, 5.41) is 0. The number of imidazole rings is 1. The number of hydrogen-bond acceptors (Lipinski definition) is 4. The molecule has 114 valence electrons. The van der Waals surface area contributed by atoms with Gasteiger partial charge in [-0.15, -0.1) is 0 Å². The zero-order valence-corrected chi connectivity index (χ0v) is 12.5. The molecule has 0 aliphatic carbocycles. The van der Waals surface area contributed by atoms with Crippen molar-refractivity contribution in [1.29, 1.82) is 0 Å². The van der Waals surface area contributed by atoms with E-state index in [9.17, 15) is 9.59 Å².